The number of nitrogens with zero attached hydrogens (tertiary/aromatic N) is 1. The molecule has 0 fully saturated rings. The third kappa shape index (κ3) is 4.98. The van der Waals surface area contributed by atoms with E-state index in [0.717, 1.165) is 11.8 Å². The molecular weight excluding hydrogens is 326 g/mol. The molecule has 0 saturated heterocycles. The summed E-state index contributed by atoms with van der Waals surface area (Å²) in [4.78, 5) is 39.4. The standard InChI is InChI=1S/C14H19NO7S/c1-4-20-12(17)8-7-23-11(15-8)9(13(18)21-5-2)10(16)14(19)22-6-3/h8,16H,4-7H2,1-3H3/b10-9+/t8-/m1/s1. The largest absolute Gasteiger partial charge is 0.501 e. The van der Waals surface area contributed by atoms with Crippen LogP contribution < -0.4 is 0 Å². The number of rotatable bonds is 7. The number of thioether (sulfide) groups is 1. The monoisotopic (exact) mass is 345 g/mol. The van der Waals surface area contributed by atoms with Gasteiger partial charge in [0.1, 0.15) is 10.6 Å². The topological polar surface area (TPSA) is 111 Å². The van der Waals surface area contributed by atoms with Gasteiger partial charge in [-0.3, -0.25) is 4.99 Å². The van der Waals surface area contributed by atoms with E-state index in [9.17, 15) is 19.5 Å². The molecule has 1 aliphatic rings. The molecule has 128 valence electrons. The summed E-state index contributed by atoms with van der Waals surface area (Å²) < 4.78 is 14.4. The van der Waals surface area contributed by atoms with E-state index in [1.165, 1.54) is 0 Å². The van der Waals surface area contributed by atoms with Gasteiger partial charge in [0.15, 0.2) is 6.04 Å². The number of carbonyl (C=O) groups excluding carboxylic acids is 3. The molecule has 1 aliphatic heterocycles. The minimum Gasteiger partial charge on any atom is -0.501 e. The highest BCUT2D eigenvalue weighted by Crippen LogP contribution is 2.26. The van der Waals surface area contributed by atoms with E-state index in [1.807, 2.05) is 0 Å². The van der Waals surface area contributed by atoms with Crippen molar-refractivity contribution < 1.29 is 33.7 Å². The lowest BCUT2D eigenvalue weighted by Crippen LogP contribution is -2.22. The highest BCUT2D eigenvalue weighted by molar-refractivity contribution is 8.14. The molecule has 8 nitrogen and oxygen atoms in total. The second kappa shape index (κ2) is 9.19. The van der Waals surface area contributed by atoms with Crippen LogP contribution >= 0.6 is 11.8 Å². The summed E-state index contributed by atoms with van der Waals surface area (Å²) in [6.45, 7) is 5.11. The van der Waals surface area contributed by atoms with E-state index < -0.39 is 35.3 Å². The smallest absolute Gasteiger partial charge is 0.374 e. The van der Waals surface area contributed by atoms with Crippen molar-refractivity contribution in [3.63, 3.8) is 0 Å². The van der Waals surface area contributed by atoms with Gasteiger partial charge < -0.3 is 19.3 Å². The van der Waals surface area contributed by atoms with Crippen LogP contribution in [0.2, 0.25) is 0 Å². The fourth-order valence-corrected chi connectivity index (χ4v) is 2.71. The number of ether oxygens (including phenoxy) is 3. The van der Waals surface area contributed by atoms with Gasteiger partial charge in [-0.15, -0.1) is 11.8 Å². The molecule has 1 rings (SSSR count). The van der Waals surface area contributed by atoms with Crippen molar-refractivity contribution >= 4 is 34.7 Å². The molecule has 0 radical (unpaired) electrons. The summed E-state index contributed by atoms with van der Waals surface area (Å²) in [5.74, 6) is -3.14. The molecular formula is C14H19NO7S. The van der Waals surface area contributed by atoms with Crippen LogP contribution in [0.25, 0.3) is 0 Å². The van der Waals surface area contributed by atoms with Gasteiger partial charge in [0.2, 0.25) is 5.76 Å². The molecule has 23 heavy (non-hydrogen) atoms. The van der Waals surface area contributed by atoms with Gasteiger partial charge in [-0.05, 0) is 20.8 Å². The Morgan fingerprint density at radius 2 is 1.65 bits per heavy atom. The van der Waals surface area contributed by atoms with Crippen molar-refractivity contribution in [2.75, 3.05) is 25.6 Å². The molecule has 0 aromatic rings. The maximum absolute atomic E-state index is 12.0. The second-order valence-corrected chi connectivity index (χ2v) is 5.19. The Hall–Kier alpha value is -2.03. The van der Waals surface area contributed by atoms with E-state index in [1.54, 1.807) is 20.8 Å². The van der Waals surface area contributed by atoms with E-state index in [4.69, 9.17) is 9.47 Å². The van der Waals surface area contributed by atoms with Crippen LogP contribution in [0.4, 0.5) is 0 Å². The molecule has 0 unspecified atom stereocenters. The van der Waals surface area contributed by atoms with Crippen molar-refractivity contribution in [1.82, 2.24) is 0 Å². The molecule has 0 spiro atoms. The van der Waals surface area contributed by atoms with Crippen LogP contribution in [0.1, 0.15) is 20.8 Å². The van der Waals surface area contributed by atoms with Crippen molar-refractivity contribution in [2.24, 2.45) is 4.99 Å². The summed E-state index contributed by atoms with van der Waals surface area (Å²) in [5.41, 5.74) is -0.401. The lowest BCUT2D eigenvalue weighted by molar-refractivity contribution is -0.144. The number of carbonyl (C=O) groups is 3. The Bertz CT molecular complexity index is 541. The number of hydrogen-bond donors (Lipinski definition) is 1. The highest BCUT2D eigenvalue weighted by Gasteiger charge is 2.34. The van der Waals surface area contributed by atoms with Crippen LogP contribution in [0.5, 0.6) is 0 Å². The van der Waals surface area contributed by atoms with Crippen LogP contribution in [-0.4, -0.2) is 59.7 Å². The zero-order chi connectivity index (χ0) is 17.4. The lowest BCUT2D eigenvalue weighted by Gasteiger charge is -2.09. The van der Waals surface area contributed by atoms with E-state index in [2.05, 4.69) is 9.73 Å². The predicted octanol–water partition coefficient (Wildman–Crippen LogP) is 1.00. The van der Waals surface area contributed by atoms with Gasteiger partial charge in [-0.2, -0.15) is 0 Å². The molecule has 0 aromatic carbocycles. The number of hydrogen-bond acceptors (Lipinski definition) is 9. The minimum atomic E-state index is -1.06. The van der Waals surface area contributed by atoms with Crippen LogP contribution in [-0.2, 0) is 28.6 Å². The lowest BCUT2D eigenvalue weighted by atomic mass is 10.2. The fourth-order valence-electron chi connectivity index (χ4n) is 1.66. The van der Waals surface area contributed by atoms with Crippen LogP contribution in [0.15, 0.2) is 16.3 Å². The van der Waals surface area contributed by atoms with Crippen LogP contribution in [0.3, 0.4) is 0 Å². The SMILES string of the molecule is CCOC(=O)/C(O)=C(\C(=O)OCC)C1=N[C@@H](C(=O)OCC)CS1. The normalized spacial score (nSPS) is 17.9. The summed E-state index contributed by atoms with van der Waals surface area (Å²) in [6, 6.07) is -0.797. The maximum atomic E-state index is 12.0. The number of esters is 3. The van der Waals surface area contributed by atoms with Crippen molar-refractivity contribution in [2.45, 2.75) is 26.8 Å². The summed E-state index contributed by atoms with van der Waals surface area (Å²) >= 11 is 1.05. The molecule has 1 heterocycles. The zero-order valence-electron chi connectivity index (χ0n) is 13.2. The van der Waals surface area contributed by atoms with Gasteiger partial charge in [0.05, 0.1) is 19.8 Å². The first kappa shape index (κ1) is 19.0. The number of aliphatic imine (C=N–C) groups is 1. The molecule has 0 bridgehead atoms. The average Bonchev–Trinajstić information content (AvgIpc) is 2.97. The van der Waals surface area contributed by atoms with Gasteiger partial charge in [0.25, 0.3) is 0 Å². The van der Waals surface area contributed by atoms with Crippen LogP contribution in [0, 0.1) is 0 Å². The van der Waals surface area contributed by atoms with E-state index in [-0.39, 0.29) is 30.6 Å². The molecule has 1 N–H and O–H groups in total. The number of aliphatic hydroxyl groups excluding tert-OH is 1. The third-order valence-corrected chi connectivity index (χ3v) is 3.67. The van der Waals surface area contributed by atoms with Gasteiger partial charge >= 0.3 is 17.9 Å². The first-order valence-corrected chi connectivity index (χ1v) is 8.09. The summed E-state index contributed by atoms with van der Waals surface area (Å²) in [5, 5.41) is 10.0. The molecule has 0 saturated carbocycles. The second-order valence-electron chi connectivity index (χ2n) is 4.18. The van der Waals surface area contributed by atoms with E-state index in [0.29, 0.717) is 0 Å². The Balaban J connectivity index is 3.13. The molecule has 0 aliphatic carbocycles. The molecule has 1 atom stereocenters. The third-order valence-electron chi connectivity index (χ3n) is 2.61. The minimum absolute atomic E-state index is 0.0318. The Kier molecular flexibility index (Phi) is 7.60. The molecule has 0 amide bonds. The maximum Gasteiger partial charge on any atom is 0.374 e. The molecule has 9 heteroatoms. The zero-order valence-corrected chi connectivity index (χ0v) is 14.0. The van der Waals surface area contributed by atoms with Gasteiger partial charge in [-0.25, -0.2) is 14.4 Å². The highest BCUT2D eigenvalue weighted by atomic mass is 32.2. The Morgan fingerprint density at radius 3 is 2.22 bits per heavy atom. The number of aliphatic hydroxyl groups is 1. The van der Waals surface area contributed by atoms with E-state index >= 15 is 0 Å². The average molecular weight is 345 g/mol. The summed E-state index contributed by atoms with van der Waals surface area (Å²) in [6.07, 6.45) is 0. The van der Waals surface area contributed by atoms with Crippen molar-refractivity contribution in [3.8, 4) is 0 Å². The fraction of sp³-hybridized carbons (Fsp3) is 0.571. The first-order chi connectivity index (χ1) is 11.0. The predicted molar refractivity (Wildman–Crippen MR) is 83.2 cm³/mol. The molecule has 0 aromatic heterocycles. The summed E-state index contributed by atoms with van der Waals surface area (Å²) in [7, 11) is 0. The van der Waals surface area contributed by atoms with Gasteiger partial charge in [-0.1, -0.05) is 0 Å². The Morgan fingerprint density at radius 1 is 1.09 bits per heavy atom. The van der Waals surface area contributed by atoms with Crippen molar-refractivity contribution in [1.29, 1.82) is 0 Å². The Labute approximate surface area is 137 Å². The van der Waals surface area contributed by atoms with Crippen molar-refractivity contribution in [3.05, 3.63) is 11.3 Å². The first-order valence-electron chi connectivity index (χ1n) is 7.11. The van der Waals surface area contributed by atoms with Gasteiger partial charge in [0, 0.05) is 5.75 Å². The quantitative estimate of drug-likeness (QED) is 0.315.